The number of hydrogen-bond donors (Lipinski definition) is 0. The van der Waals surface area contributed by atoms with Gasteiger partial charge in [-0.1, -0.05) is 27.8 Å². The number of nitrogens with zero attached hydrogens (tertiary/aromatic N) is 2. The zero-order chi connectivity index (χ0) is 15.4. The van der Waals surface area contributed by atoms with Gasteiger partial charge in [-0.2, -0.15) is 0 Å². The number of anilines is 2. The molecule has 0 saturated carbocycles. The molecule has 0 fully saturated rings. The summed E-state index contributed by atoms with van der Waals surface area (Å²) < 4.78 is 1.04. The van der Waals surface area contributed by atoms with Crippen LogP contribution in [0.25, 0.3) is 0 Å². The SMILES string of the molecule is CN(C)c1ccc(C#Cc2cc(Br)ccc2N(C)C)cc1. The monoisotopic (exact) mass is 342 g/mol. The van der Waals surface area contributed by atoms with Gasteiger partial charge in [-0.05, 0) is 42.5 Å². The van der Waals surface area contributed by atoms with Crippen LogP contribution in [0.3, 0.4) is 0 Å². The van der Waals surface area contributed by atoms with E-state index in [4.69, 9.17) is 0 Å². The van der Waals surface area contributed by atoms with Crippen molar-refractivity contribution < 1.29 is 0 Å². The van der Waals surface area contributed by atoms with Crippen LogP contribution >= 0.6 is 15.9 Å². The highest BCUT2D eigenvalue weighted by Crippen LogP contribution is 2.22. The third-order valence-corrected chi connectivity index (χ3v) is 3.66. The minimum absolute atomic E-state index is 1.02. The Morgan fingerprint density at radius 2 is 1.48 bits per heavy atom. The third-order valence-electron chi connectivity index (χ3n) is 3.17. The van der Waals surface area contributed by atoms with Crippen LogP contribution in [0.5, 0.6) is 0 Å². The van der Waals surface area contributed by atoms with Gasteiger partial charge in [0.15, 0.2) is 0 Å². The quantitative estimate of drug-likeness (QED) is 0.761. The molecule has 2 aromatic carbocycles. The summed E-state index contributed by atoms with van der Waals surface area (Å²) in [6, 6.07) is 14.4. The molecule has 0 aliphatic carbocycles. The zero-order valence-corrected chi connectivity index (χ0v) is 14.4. The van der Waals surface area contributed by atoms with Crippen LogP contribution in [0.2, 0.25) is 0 Å². The second-order valence-corrected chi connectivity index (χ2v) is 6.16. The van der Waals surface area contributed by atoms with E-state index in [2.05, 4.69) is 74.0 Å². The summed E-state index contributed by atoms with van der Waals surface area (Å²) in [6.07, 6.45) is 0. The molecular formula is C18H19BrN2. The molecule has 0 atom stereocenters. The highest BCUT2D eigenvalue weighted by molar-refractivity contribution is 9.10. The van der Waals surface area contributed by atoms with Gasteiger partial charge in [0.2, 0.25) is 0 Å². The van der Waals surface area contributed by atoms with E-state index in [1.165, 1.54) is 5.69 Å². The lowest BCUT2D eigenvalue weighted by molar-refractivity contribution is 1.13. The Morgan fingerprint density at radius 1 is 0.810 bits per heavy atom. The van der Waals surface area contributed by atoms with E-state index in [0.29, 0.717) is 0 Å². The van der Waals surface area contributed by atoms with Crippen molar-refractivity contribution in [1.29, 1.82) is 0 Å². The lowest BCUT2D eigenvalue weighted by Crippen LogP contribution is -2.10. The fourth-order valence-corrected chi connectivity index (χ4v) is 2.34. The normalized spacial score (nSPS) is 9.76. The molecule has 0 N–H and O–H groups in total. The van der Waals surface area contributed by atoms with Crippen LogP contribution in [-0.2, 0) is 0 Å². The predicted octanol–water partition coefficient (Wildman–Crippen LogP) is 3.98. The minimum atomic E-state index is 1.02. The van der Waals surface area contributed by atoms with Crippen molar-refractivity contribution in [3.8, 4) is 11.8 Å². The predicted molar refractivity (Wildman–Crippen MR) is 95.2 cm³/mol. The van der Waals surface area contributed by atoms with Crippen molar-refractivity contribution >= 4 is 27.3 Å². The maximum Gasteiger partial charge on any atom is 0.0521 e. The molecule has 2 aromatic rings. The first kappa shape index (κ1) is 15.5. The molecule has 0 radical (unpaired) electrons. The van der Waals surface area contributed by atoms with Gasteiger partial charge in [0.1, 0.15) is 0 Å². The topological polar surface area (TPSA) is 6.48 Å². The molecule has 0 heterocycles. The van der Waals surface area contributed by atoms with E-state index in [-0.39, 0.29) is 0 Å². The molecule has 0 amide bonds. The number of benzene rings is 2. The Bertz CT molecular complexity index is 677. The summed E-state index contributed by atoms with van der Waals surface area (Å²) in [4.78, 5) is 4.15. The minimum Gasteiger partial charge on any atom is -0.378 e. The summed E-state index contributed by atoms with van der Waals surface area (Å²) in [5.74, 6) is 6.50. The second kappa shape index (κ2) is 6.69. The first-order valence-electron chi connectivity index (χ1n) is 6.73. The summed E-state index contributed by atoms with van der Waals surface area (Å²) in [5, 5.41) is 0. The first-order valence-corrected chi connectivity index (χ1v) is 7.53. The maximum absolute atomic E-state index is 3.51. The standard InChI is InChI=1S/C18H19BrN2/c1-20(2)17-10-6-14(7-11-17)5-8-15-13-16(19)9-12-18(15)21(3)4/h6-7,9-13H,1-4H3. The average Bonchev–Trinajstić information content (AvgIpc) is 2.45. The van der Waals surface area contributed by atoms with E-state index >= 15 is 0 Å². The summed E-state index contributed by atoms with van der Waals surface area (Å²) >= 11 is 3.51. The van der Waals surface area contributed by atoms with Crippen LogP contribution in [0, 0.1) is 11.8 Å². The van der Waals surface area contributed by atoms with Gasteiger partial charge in [-0.15, -0.1) is 0 Å². The Balaban J connectivity index is 2.32. The maximum atomic E-state index is 3.51. The van der Waals surface area contributed by atoms with Gasteiger partial charge < -0.3 is 9.80 Å². The van der Waals surface area contributed by atoms with Crippen molar-refractivity contribution in [2.24, 2.45) is 0 Å². The van der Waals surface area contributed by atoms with Crippen LogP contribution in [0.1, 0.15) is 11.1 Å². The van der Waals surface area contributed by atoms with Gasteiger partial charge in [0.25, 0.3) is 0 Å². The Kier molecular flexibility index (Phi) is 4.93. The first-order chi connectivity index (χ1) is 9.97. The molecule has 0 saturated heterocycles. The lowest BCUT2D eigenvalue weighted by atomic mass is 10.1. The summed E-state index contributed by atoms with van der Waals surface area (Å²) in [5.41, 5.74) is 4.34. The molecular weight excluding hydrogens is 324 g/mol. The van der Waals surface area contributed by atoms with Gasteiger partial charge in [0, 0.05) is 49.5 Å². The number of rotatable bonds is 2. The highest BCUT2D eigenvalue weighted by atomic mass is 79.9. The third kappa shape index (κ3) is 4.03. The Hall–Kier alpha value is -1.92. The fraction of sp³-hybridized carbons (Fsp3) is 0.222. The largest absolute Gasteiger partial charge is 0.378 e. The lowest BCUT2D eigenvalue weighted by Gasteiger charge is -2.14. The highest BCUT2D eigenvalue weighted by Gasteiger charge is 2.02. The molecule has 2 nitrogen and oxygen atoms in total. The smallest absolute Gasteiger partial charge is 0.0521 e. The van der Waals surface area contributed by atoms with E-state index < -0.39 is 0 Å². The van der Waals surface area contributed by atoms with Crippen LogP contribution in [0.15, 0.2) is 46.9 Å². The van der Waals surface area contributed by atoms with Crippen LogP contribution in [0.4, 0.5) is 11.4 Å². The van der Waals surface area contributed by atoms with E-state index in [1.807, 2.05) is 34.3 Å². The van der Waals surface area contributed by atoms with Gasteiger partial charge in [-0.25, -0.2) is 0 Å². The molecule has 0 aliphatic rings. The Labute approximate surface area is 135 Å². The van der Waals surface area contributed by atoms with Crippen molar-refractivity contribution in [2.75, 3.05) is 38.0 Å². The molecule has 0 unspecified atom stereocenters. The zero-order valence-electron chi connectivity index (χ0n) is 12.8. The van der Waals surface area contributed by atoms with Crippen molar-refractivity contribution in [2.45, 2.75) is 0 Å². The van der Waals surface area contributed by atoms with Crippen molar-refractivity contribution in [3.63, 3.8) is 0 Å². The van der Waals surface area contributed by atoms with Gasteiger partial charge in [0.05, 0.1) is 5.69 Å². The van der Waals surface area contributed by atoms with Crippen LogP contribution < -0.4 is 9.80 Å². The van der Waals surface area contributed by atoms with Gasteiger partial charge >= 0.3 is 0 Å². The second-order valence-electron chi connectivity index (χ2n) is 5.25. The number of hydrogen-bond acceptors (Lipinski definition) is 2. The van der Waals surface area contributed by atoms with E-state index in [1.54, 1.807) is 0 Å². The average molecular weight is 343 g/mol. The molecule has 21 heavy (non-hydrogen) atoms. The Morgan fingerprint density at radius 3 is 2.05 bits per heavy atom. The van der Waals surface area contributed by atoms with Gasteiger partial charge in [-0.3, -0.25) is 0 Å². The molecule has 108 valence electrons. The van der Waals surface area contributed by atoms with Crippen molar-refractivity contribution in [1.82, 2.24) is 0 Å². The number of halogens is 1. The molecule has 0 aromatic heterocycles. The molecule has 0 bridgehead atoms. The molecule has 2 rings (SSSR count). The fourth-order valence-electron chi connectivity index (χ4n) is 1.98. The van der Waals surface area contributed by atoms with E-state index in [9.17, 15) is 0 Å². The molecule has 3 heteroatoms. The van der Waals surface area contributed by atoms with Crippen LogP contribution in [-0.4, -0.2) is 28.2 Å². The van der Waals surface area contributed by atoms with Crippen molar-refractivity contribution in [3.05, 3.63) is 58.1 Å². The summed E-state index contributed by atoms with van der Waals surface area (Å²) in [6.45, 7) is 0. The molecule has 0 spiro atoms. The van der Waals surface area contributed by atoms with E-state index in [0.717, 1.165) is 21.3 Å². The molecule has 0 aliphatic heterocycles. The summed E-state index contributed by atoms with van der Waals surface area (Å²) in [7, 11) is 8.12.